The molecule has 1 heterocycles. The van der Waals surface area contributed by atoms with Crippen molar-refractivity contribution in [2.75, 3.05) is 19.0 Å². The van der Waals surface area contributed by atoms with E-state index in [-0.39, 0.29) is 0 Å². The van der Waals surface area contributed by atoms with Gasteiger partial charge in [0.1, 0.15) is 5.82 Å². The summed E-state index contributed by atoms with van der Waals surface area (Å²) in [4.78, 5) is 10.9. The zero-order valence-corrected chi connectivity index (χ0v) is 12.7. The van der Waals surface area contributed by atoms with E-state index in [1.165, 1.54) is 5.56 Å². The highest BCUT2D eigenvalue weighted by molar-refractivity contribution is 9.10. The Hall–Kier alpha value is -1.46. The van der Waals surface area contributed by atoms with E-state index in [0.29, 0.717) is 0 Å². The minimum Gasteiger partial charge on any atom is -0.354 e. The van der Waals surface area contributed by atoms with E-state index in [1.807, 2.05) is 26.2 Å². The summed E-state index contributed by atoms with van der Waals surface area (Å²) < 4.78 is 1.09. The van der Waals surface area contributed by atoms with E-state index in [4.69, 9.17) is 0 Å². The molecule has 5 heteroatoms. The van der Waals surface area contributed by atoms with Crippen LogP contribution in [-0.4, -0.2) is 24.1 Å². The summed E-state index contributed by atoms with van der Waals surface area (Å²) in [7, 11) is 3.92. The van der Waals surface area contributed by atoms with Gasteiger partial charge in [0.2, 0.25) is 0 Å². The lowest BCUT2D eigenvalue weighted by atomic mass is 10.2. The molecule has 4 nitrogen and oxygen atoms in total. The Morgan fingerprint density at radius 3 is 2.89 bits per heavy atom. The molecule has 1 N–H and O–H groups in total. The van der Waals surface area contributed by atoms with Crippen LogP contribution >= 0.6 is 15.9 Å². The standard InChI is InChI=1S/C14H17BrN4/c1-16-7-13-8-17-9-14(18-13)19(2)10-11-4-3-5-12(15)6-11/h3-6,8-9,16H,7,10H2,1-2H3. The van der Waals surface area contributed by atoms with Crippen molar-refractivity contribution < 1.29 is 0 Å². The highest BCUT2D eigenvalue weighted by Crippen LogP contribution is 2.16. The first-order valence-electron chi connectivity index (χ1n) is 6.10. The number of halogens is 1. The summed E-state index contributed by atoms with van der Waals surface area (Å²) in [6, 6.07) is 8.28. The molecular weight excluding hydrogens is 304 g/mol. The molecule has 0 bridgehead atoms. The molecule has 0 fully saturated rings. The topological polar surface area (TPSA) is 41.1 Å². The number of aromatic nitrogens is 2. The molecule has 0 radical (unpaired) electrons. The lowest BCUT2D eigenvalue weighted by molar-refractivity contribution is 0.775. The van der Waals surface area contributed by atoms with E-state index in [9.17, 15) is 0 Å². The normalized spacial score (nSPS) is 10.5. The third-order valence-electron chi connectivity index (χ3n) is 2.73. The fourth-order valence-corrected chi connectivity index (χ4v) is 2.28. The van der Waals surface area contributed by atoms with Crippen molar-refractivity contribution in [2.24, 2.45) is 0 Å². The fourth-order valence-electron chi connectivity index (χ4n) is 1.84. The highest BCUT2D eigenvalue weighted by atomic mass is 79.9. The Morgan fingerprint density at radius 2 is 2.16 bits per heavy atom. The second-order valence-corrected chi connectivity index (χ2v) is 5.30. The summed E-state index contributed by atoms with van der Waals surface area (Å²) in [5, 5.41) is 3.08. The Morgan fingerprint density at radius 1 is 1.32 bits per heavy atom. The van der Waals surface area contributed by atoms with Crippen LogP contribution in [0.25, 0.3) is 0 Å². The molecule has 1 aromatic heterocycles. The average Bonchev–Trinajstić information content (AvgIpc) is 2.39. The Kier molecular flexibility index (Phi) is 4.87. The lowest BCUT2D eigenvalue weighted by Gasteiger charge is -2.18. The van der Waals surface area contributed by atoms with Gasteiger partial charge in [0.25, 0.3) is 0 Å². The van der Waals surface area contributed by atoms with Gasteiger partial charge in [0.15, 0.2) is 0 Å². The molecule has 0 aliphatic carbocycles. The predicted molar refractivity (Wildman–Crippen MR) is 81.0 cm³/mol. The molecule has 19 heavy (non-hydrogen) atoms. The molecule has 100 valence electrons. The number of rotatable bonds is 5. The smallest absolute Gasteiger partial charge is 0.147 e. The average molecular weight is 321 g/mol. The van der Waals surface area contributed by atoms with Gasteiger partial charge in [-0.3, -0.25) is 4.98 Å². The van der Waals surface area contributed by atoms with Gasteiger partial charge in [-0.15, -0.1) is 0 Å². The monoisotopic (exact) mass is 320 g/mol. The van der Waals surface area contributed by atoms with Crippen LogP contribution in [0.3, 0.4) is 0 Å². The summed E-state index contributed by atoms with van der Waals surface area (Å²) in [6.07, 6.45) is 3.57. The minimum absolute atomic E-state index is 0.728. The molecular formula is C14H17BrN4. The Bertz CT molecular complexity index is 544. The van der Waals surface area contributed by atoms with Gasteiger partial charge in [-0.25, -0.2) is 4.98 Å². The fraction of sp³-hybridized carbons (Fsp3) is 0.286. The lowest BCUT2D eigenvalue weighted by Crippen LogP contribution is -2.19. The van der Waals surface area contributed by atoms with E-state index in [1.54, 1.807) is 12.4 Å². The number of hydrogen-bond donors (Lipinski definition) is 1. The number of nitrogens with one attached hydrogen (secondary N) is 1. The largest absolute Gasteiger partial charge is 0.354 e. The summed E-state index contributed by atoms with van der Waals surface area (Å²) in [5.74, 6) is 0.882. The second-order valence-electron chi connectivity index (χ2n) is 4.38. The van der Waals surface area contributed by atoms with Crippen molar-refractivity contribution >= 4 is 21.7 Å². The number of hydrogen-bond acceptors (Lipinski definition) is 4. The zero-order valence-electron chi connectivity index (χ0n) is 11.1. The maximum atomic E-state index is 4.57. The van der Waals surface area contributed by atoms with E-state index >= 15 is 0 Å². The number of anilines is 1. The van der Waals surface area contributed by atoms with Crippen LogP contribution < -0.4 is 10.2 Å². The van der Waals surface area contributed by atoms with Crippen LogP contribution in [0.5, 0.6) is 0 Å². The molecule has 0 aliphatic rings. The van der Waals surface area contributed by atoms with Gasteiger partial charge < -0.3 is 10.2 Å². The summed E-state index contributed by atoms with van der Waals surface area (Å²) in [5.41, 5.74) is 2.18. The molecule has 0 aliphatic heterocycles. The van der Waals surface area contributed by atoms with Gasteiger partial charge >= 0.3 is 0 Å². The Balaban J connectivity index is 2.11. The van der Waals surface area contributed by atoms with E-state index in [0.717, 1.165) is 29.1 Å². The van der Waals surface area contributed by atoms with Gasteiger partial charge in [-0.2, -0.15) is 0 Å². The third-order valence-corrected chi connectivity index (χ3v) is 3.22. The number of nitrogens with zero attached hydrogens (tertiary/aromatic N) is 3. The van der Waals surface area contributed by atoms with Crippen molar-refractivity contribution in [1.29, 1.82) is 0 Å². The highest BCUT2D eigenvalue weighted by Gasteiger charge is 2.05. The molecule has 2 aromatic rings. The molecule has 0 atom stereocenters. The molecule has 0 unspecified atom stereocenters. The molecule has 2 rings (SSSR count). The molecule has 0 amide bonds. The van der Waals surface area contributed by atoms with Crippen molar-refractivity contribution in [2.45, 2.75) is 13.1 Å². The van der Waals surface area contributed by atoms with Gasteiger partial charge in [-0.05, 0) is 24.7 Å². The van der Waals surface area contributed by atoms with Crippen molar-refractivity contribution in [3.05, 3.63) is 52.4 Å². The zero-order chi connectivity index (χ0) is 13.7. The first kappa shape index (κ1) is 14.0. The van der Waals surface area contributed by atoms with E-state index in [2.05, 4.69) is 48.2 Å². The van der Waals surface area contributed by atoms with E-state index < -0.39 is 0 Å². The Labute approximate surface area is 122 Å². The maximum absolute atomic E-state index is 4.57. The molecule has 1 aromatic carbocycles. The quantitative estimate of drug-likeness (QED) is 0.919. The van der Waals surface area contributed by atoms with Crippen molar-refractivity contribution in [3.63, 3.8) is 0 Å². The van der Waals surface area contributed by atoms with Gasteiger partial charge in [-0.1, -0.05) is 28.1 Å². The van der Waals surface area contributed by atoms with Crippen molar-refractivity contribution in [1.82, 2.24) is 15.3 Å². The van der Waals surface area contributed by atoms with Crippen LogP contribution in [0.2, 0.25) is 0 Å². The van der Waals surface area contributed by atoms with Crippen LogP contribution in [0, 0.1) is 0 Å². The van der Waals surface area contributed by atoms with Gasteiger partial charge in [0, 0.05) is 30.8 Å². The predicted octanol–water partition coefficient (Wildman–Crippen LogP) is 2.59. The SMILES string of the molecule is CNCc1cncc(N(C)Cc2cccc(Br)c2)n1. The first-order valence-corrected chi connectivity index (χ1v) is 6.89. The molecule has 0 saturated heterocycles. The van der Waals surface area contributed by atoms with Crippen molar-refractivity contribution in [3.8, 4) is 0 Å². The van der Waals surface area contributed by atoms with Crippen LogP contribution in [-0.2, 0) is 13.1 Å². The summed E-state index contributed by atoms with van der Waals surface area (Å²) >= 11 is 3.49. The summed E-state index contributed by atoms with van der Waals surface area (Å²) in [6.45, 7) is 1.53. The molecule has 0 spiro atoms. The second kappa shape index (κ2) is 6.63. The van der Waals surface area contributed by atoms with Gasteiger partial charge in [0.05, 0.1) is 11.9 Å². The van der Waals surface area contributed by atoms with Crippen LogP contribution in [0.15, 0.2) is 41.1 Å². The maximum Gasteiger partial charge on any atom is 0.147 e. The molecule has 0 saturated carbocycles. The minimum atomic E-state index is 0.728. The first-order chi connectivity index (χ1) is 9.19. The number of benzene rings is 1. The van der Waals surface area contributed by atoms with Crippen LogP contribution in [0.1, 0.15) is 11.3 Å². The van der Waals surface area contributed by atoms with Crippen LogP contribution in [0.4, 0.5) is 5.82 Å². The third kappa shape index (κ3) is 4.01.